The average Bonchev–Trinajstić information content (AvgIpc) is 2.78. The first-order chi connectivity index (χ1) is 21.3. The molecular weight excluding hydrogens is 852 g/mol. The second-order valence-electron chi connectivity index (χ2n) is 8.42. The minimum Gasteiger partial charge on any atom is -0.263 e. The Morgan fingerprint density at radius 2 is 0.333 bits per heavy atom. The standard InChI is InChI=1S/C15F32O4/c16-1(17,6(23,24)25)11(38,39)48-3(20,8(29,30)31)13(42,43)49-4(21,9(32,33)34)14(44,45)50-5(22,10(35,36)37)15(46,47)51-12(40,41)2(18,19)7(26,27)28. The highest BCUT2D eigenvalue weighted by Gasteiger charge is 2.90. The molecule has 0 aromatic carbocycles. The molecule has 0 saturated heterocycles. The molecule has 0 aliphatic carbocycles. The second kappa shape index (κ2) is 12.3. The Morgan fingerprint density at radius 1 is 0.176 bits per heavy atom. The van der Waals surface area contributed by atoms with E-state index >= 15 is 0 Å². The van der Waals surface area contributed by atoms with Gasteiger partial charge in [0.1, 0.15) is 0 Å². The quantitative estimate of drug-likeness (QED) is 0.173. The van der Waals surface area contributed by atoms with Crippen LogP contribution in [0.2, 0.25) is 0 Å². The van der Waals surface area contributed by atoms with Gasteiger partial charge in [-0.1, -0.05) is 0 Å². The third-order valence-corrected chi connectivity index (χ3v) is 4.72. The predicted octanol–water partition coefficient (Wildman–Crippen LogP) is 10.1. The van der Waals surface area contributed by atoms with Crippen molar-refractivity contribution >= 4 is 0 Å². The van der Waals surface area contributed by atoms with Crippen LogP contribution in [0.15, 0.2) is 0 Å². The molecule has 0 aromatic rings. The Bertz CT molecular complexity index is 1220. The van der Waals surface area contributed by atoms with Gasteiger partial charge in [0.15, 0.2) is 0 Å². The summed E-state index contributed by atoms with van der Waals surface area (Å²) in [7, 11) is 0. The molecule has 0 aromatic heterocycles. The van der Waals surface area contributed by atoms with E-state index in [9.17, 15) is 140 Å². The molecule has 0 bridgehead atoms. The van der Waals surface area contributed by atoms with E-state index in [0.29, 0.717) is 0 Å². The van der Waals surface area contributed by atoms with Crippen molar-refractivity contribution in [3.05, 3.63) is 0 Å². The molecule has 51 heavy (non-hydrogen) atoms. The van der Waals surface area contributed by atoms with E-state index in [2.05, 4.69) is 0 Å². The second-order valence-corrected chi connectivity index (χ2v) is 8.42. The van der Waals surface area contributed by atoms with Crippen molar-refractivity contribution in [3.8, 4) is 0 Å². The van der Waals surface area contributed by atoms with Gasteiger partial charge >= 0.3 is 90.8 Å². The highest BCUT2D eigenvalue weighted by atomic mass is 19.5. The van der Waals surface area contributed by atoms with E-state index < -0.39 is 90.8 Å². The number of hydrogen-bond donors (Lipinski definition) is 0. The fourth-order valence-electron chi connectivity index (χ4n) is 2.19. The molecule has 0 rings (SSSR count). The molecule has 0 heterocycles. The minimum absolute atomic E-state index is 0.746. The molecule has 4 nitrogen and oxygen atoms in total. The fraction of sp³-hybridized carbons (Fsp3) is 1.00. The summed E-state index contributed by atoms with van der Waals surface area (Å²) in [6, 6.07) is 0. The zero-order valence-electron chi connectivity index (χ0n) is 21.2. The van der Waals surface area contributed by atoms with Crippen LogP contribution in [0.5, 0.6) is 0 Å². The van der Waals surface area contributed by atoms with Crippen molar-refractivity contribution in [1.29, 1.82) is 0 Å². The number of halogens is 32. The SMILES string of the molecule is FC(F)(F)C(F)(F)C(F)(F)OC(F)(F)C(F)(OC(F)(F)C(F)(OC(F)(F)C(F)(OC(F)(F)C(F)(F)C(F)(F)F)C(F)(F)F)C(F)(F)F)C(F)(F)F. The van der Waals surface area contributed by atoms with Crippen LogP contribution < -0.4 is 0 Å². The molecule has 3 unspecified atom stereocenters. The maximum absolute atomic E-state index is 14.3. The highest BCUT2D eigenvalue weighted by Crippen LogP contribution is 2.61. The van der Waals surface area contributed by atoms with Gasteiger partial charge in [0.2, 0.25) is 0 Å². The van der Waals surface area contributed by atoms with E-state index in [1.165, 1.54) is 0 Å². The molecule has 0 fully saturated rings. The molecule has 3 atom stereocenters. The van der Waals surface area contributed by atoms with Crippen LogP contribution in [-0.4, -0.2) is 90.8 Å². The topological polar surface area (TPSA) is 36.9 Å². The van der Waals surface area contributed by atoms with E-state index in [-0.39, 0.29) is 0 Å². The van der Waals surface area contributed by atoms with Crippen LogP contribution in [-0.2, 0) is 18.9 Å². The summed E-state index contributed by atoms with van der Waals surface area (Å²) in [5, 5.41) is 0. The summed E-state index contributed by atoms with van der Waals surface area (Å²) in [4.78, 5) is 0. The molecule has 0 saturated carbocycles. The van der Waals surface area contributed by atoms with Gasteiger partial charge in [-0.05, 0) is 0 Å². The number of rotatable bonds is 13. The van der Waals surface area contributed by atoms with E-state index in [1.807, 2.05) is 0 Å². The zero-order valence-corrected chi connectivity index (χ0v) is 21.2. The van der Waals surface area contributed by atoms with E-state index in [4.69, 9.17) is 0 Å². The van der Waals surface area contributed by atoms with Gasteiger partial charge in [0.05, 0.1) is 0 Å². The van der Waals surface area contributed by atoms with Crippen molar-refractivity contribution in [3.63, 3.8) is 0 Å². The lowest BCUT2D eigenvalue weighted by Crippen LogP contribution is -2.72. The highest BCUT2D eigenvalue weighted by molar-refractivity contribution is 4.99. The van der Waals surface area contributed by atoms with Crippen LogP contribution in [0.1, 0.15) is 0 Å². The molecule has 0 aliphatic rings. The summed E-state index contributed by atoms with van der Waals surface area (Å²) < 4.78 is 420. The van der Waals surface area contributed by atoms with Crippen LogP contribution >= 0.6 is 0 Å². The van der Waals surface area contributed by atoms with Gasteiger partial charge in [0.25, 0.3) is 0 Å². The molecule has 0 N–H and O–H groups in total. The molecular formula is C15F32O4. The lowest BCUT2D eigenvalue weighted by molar-refractivity contribution is -0.596. The number of alkyl halides is 32. The lowest BCUT2D eigenvalue weighted by Gasteiger charge is -2.43. The normalized spacial score (nSPS) is 19.8. The molecule has 0 aliphatic heterocycles. The first kappa shape index (κ1) is 48.6. The van der Waals surface area contributed by atoms with Gasteiger partial charge in [-0.25, -0.2) is 4.74 Å². The van der Waals surface area contributed by atoms with Gasteiger partial charge in [-0.15, -0.1) is 0 Å². The van der Waals surface area contributed by atoms with E-state index in [0.717, 1.165) is 18.9 Å². The maximum Gasteiger partial charge on any atom is 0.462 e. The third-order valence-electron chi connectivity index (χ3n) is 4.72. The van der Waals surface area contributed by atoms with Crippen LogP contribution in [0.3, 0.4) is 0 Å². The Balaban J connectivity index is 7.64. The van der Waals surface area contributed by atoms with Gasteiger partial charge in [0, 0.05) is 0 Å². The summed E-state index contributed by atoms with van der Waals surface area (Å²) >= 11 is 0. The summed E-state index contributed by atoms with van der Waals surface area (Å²) in [5.41, 5.74) is 0. The maximum atomic E-state index is 14.3. The fourth-order valence-corrected chi connectivity index (χ4v) is 2.19. The minimum atomic E-state index is -9.35. The number of ether oxygens (including phenoxy) is 4. The predicted molar refractivity (Wildman–Crippen MR) is 80.8 cm³/mol. The lowest BCUT2D eigenvalue weighted by atomic mass is 10.2. The van der Waals surface area contributed by atoms with Crippen molar-refractivity contribution in [2.75, 3.05) is 0 Å². The molecule has 308 valence electrons. The van der Waals surface area contributed by atoms with Crippen molar-refractivity contribution < 1.29 is 159 Å². The average molecular weight is 852 g/mol. The van der Waals surface area contributed by atoms with Crippen LogP contribution in [0.4, 0.5) is 140 Å². The van der Waals surface area contributed by atoms with Crippen molar-refractivity contribution in [2.45, 2.75) is 90.8 Å². The summed E-state index contributed by atoms with van der Waals surface area (Å²) in [6.07, 6.45) is -87.3. The summed E-state index contributed by atoms with van der Waals surface area (Å²) in [5.74, 6) is -44.4. The first-order valence-electron chi connectivity index (χ1n) is 10.2. The first-order valence-corrected chi connectivity index (χ1v) is 10.2. The van der Waals surface area contributed by atoms with Crippen molar-refractivity contribution in [1.82, 2.24) is 0 Å². The van der Waals surface area contributed by atoms with Crippen LogP contribution in [0.25, 0.3) is 0 Å². The van der Waals surface area contributed by atoms with E-state index in [1.54, 1.807) is 0 Å². The number of hydrogen-bond acceptors (Lipinski definition) is 4. The largest absolute Gasteiger partial charge is 0.462 e. The van der Waals surface area contributed by atoms with Gasteiger partial charge in [-0.2, -0.15) is 140 Å². The van der Waals surface area contributed by atoms with Gasteiger partial charge < -0.3 is 0 Å². The van der Waals surface area contributed by atoms with Crippen LogP contribution in [0, 0.1) is 0 Å². The summed E-state index contributed by atoms with van der Waals surface area (Å²) in [6.45, 7) is 0. The Labute approximate surface area is 252 Å². The van der Waals surface area contributed by atoms with Gasteiger partial charge in [-0.3, -0.25) is 14.2 Å². The zero-order chi connectivity index (χ0) is 42.3. The van der Waals surface area contributed by atoms with Crippen molar-refractivity contribution in [2.24, 2.45) is 0 Å². The Kier molecular flexibility index (Phi) is 11.7. The third kappa shape index (κ3) is 7.95. The monoisotopic (exact) mass is 852 g/mol. The molecule has 0 spiro atoms. The molecule has 0 amide bonds. The Morgan fingerprint density at radius 3 is 0.510 bits per heavy atom. The molecule has 36 heteroatoms. The Hall–Kier alpha value is -2.40. The molecule has 0 radical (unpaired) electrons. The smallest absolute Gasteiger partial charge is 0.263 e.